The highest BCUT2D eigenvalue weighted by Crippen LogP contribution is 2.30. The summed E-state index contributed by atoms with van der Waals surface area (Å²) in [5.41, 5.74) is 7.80. The number of nitrogen functional groups attached to an aromatic ring is 1. The number of aromatic nitrogens is 1. The Kier molecular flexibility index (Phi) is 2.14. The van der Waals surface area contributed by atoms with Gasteiger partial charge in [0.1, 0.15) is 5.69 Å². The van der Waals surface area contributed by atoms with Crippen molar-refractivity contribution in [2.45, 2.75) is 32.0 Å². The van der Waals surface area contributed by atoms with Gasteiger partial charge in [-0.25, -0.2) is 0 Å². The van der Waals surface area contributed by atoms with Crippen LogP contribution in [0.4, 0.5) is 5.88 Å². The van der Waals surface area contributed by atoms with Crippen LogP contribution in [0.3, 0.4) is 0 Å². The summed E-state index contributed by atoms with van der Waals surface area (Å²) < 4.78 is 10.3. The average molecular weight is 209 g/mol. The van der Waals surface area contributed by atoms with E-state index in [1.165, 1.54) is 0 Å². The van der Waals surface area contributed by atoms with Gasteiger partial charge < -0.3 is 15.0 Å². The molecule has 1 aromatic heterocycles. The molecule has 0 aromatic carbocycles. The number of rotatable bonds is 1. The van der Waals surface area contributed by atoms with E-state index in [-0.39, 0.29) is 0 Å². The first-order valence-electron chi connectivity index (χ1n) is 5.39. The largest absolute Gasteiger partial charge is 0.381 e. The van der Waals surface area contributed by atoms with Gasteiger partial charge in [0.25, 0.3) is 0 Å². The Morgan fingerprint density at radius 1 is 1.27 bits per heavy atom. The van der Waals surface area contributed by atoms with Gasteiger partial charge in [0, 0.05) is 32.3 Å². The summed E-state index contributed by atoms with van der Waals surface area (Å²) in [6.45, 7) is 3.51. The molecule has 0 atom stereocenters. The smallest absolute Gasteiger partial charge is 0.226 e. The number of ether oxygens (including phenoxy) is 1. The van der Waals surface area contributed by atoms with Crippen molar-refractivity contribution in [2.75, 3.05) is 18.9 Å². The second kappa shape index (κ2) is 3.50. The Balaban J connectivity index is 1.72. The molecule has 1 saturated heterocycles. The monoisotopic (exact) mass is 209 g/mol. The summed E-state index contributed by atoms with van der Waals surface area (Å²) in [7, 11) is 0. The minimum atomic E-state index is 0.486. The molecular formula is C10H15N3O2. The minimum Gasteiger partial charge on any atom is -0.381 e. The van der Waals surface area contributed by atoms with Crippen LogP contribution in [0.15, 0.2) is 4.52 Å². The van der Waals surface area contributed by atoms with Crippen LogP contribution < -0.4 is 5.73 Å². The molecule has 3 rings (SSSR count). The Bertz CT molecular complexity index is 358. The molecule has 82 valence electrons. The standard InChI is InChI=1S/C10H15N3O2/c11-10-8-5-13(6-9(8)12-15-10)7-1-3-14-4-2-7/h7H,1-6,11H2. The summed E-state index contributed by atoms with van der Waals surface area (Å²) in [5, 5.41) is 3.97. The third kappa shape index (κ3) is 1.52. The SMILES string of the molecule is Nc1onc2c1CN(C1CCOCC1)C2. The molecule has 0 radical (unpaired) electrons. The van der Waals surface area contributed by atoms with Gasteiger partial charge in [-0.3, -0.25) is 4.90 Å². The van der Waals surface area contributed by atoms with Crippen LogP contribution in [0.1, 0.15) is 24.1 Å². The number of nitrogens with zero attached hydrogens (tertiary/aromatic N) is 2. The van der Waals surface area contributed by atoms with Crippen molar-refractivity contribution in [1.29, 1.82) is 0 Å². The third-order valence-corrected chi connectivity index (χ3v) is 3.32. The number of nitrogens with two attached hydrogens (primary N) is 1. The van der Waals surface area contributed by atoms with E-state index in [4.69, 9.17) is 15.0 Å². The van der Waals surface area contributed by atoms with Crippen LogP contribution in [0.25, 0.3) is 0 Å². The first-order valence-corrected chi connectivity index (χ1v) is 5.39. The summed E-state index contributed by atoms with van der Waals surface area (Å²) >= 11 is 0. The zero-order valence-corrected chi connectivity index (χ0v) is 8.61. The molecule has 1 fully saturated rings. The van der Waals surface area contributed by atoms with Gasteiger partial charge >= 0.3 is 0 Å². The minimum absolute atomic E-state index is 0.486. The molecule has 0 aliphatic carbocycles. The van der Waals surface area contributed by atoms with Gasteiger partial charge in [0.15, 0.2) is 0 Å². The lowest BCUT2D eigenvalue weighted by atomic mass is 10.1. The maximum Gasteiger partial charge on any atom is 0.226 e. The van der Waals surface area contributed by atoms with E-state index in [0.29, 0.717) is 11.9 Å². The van der Waals surface area contributed by atoms with Gasteiger partial charge in [-0.05, 0) is 12.8 Å². The highest BCUT2D eigenvalue weighted by atomic mass is 16.5. The van der Waals surface area contributed by atoms with Gasteiger partial charge in [-0.1, -0.05) is 5.16 Å². The molecule has 0 bridgehead atoms. The van der Waals surface area contributed by atoms with Crippen molar-refractivity contribution in [2.24, 2.45) is 0 Å². The maximum absolute atomic E-state index is 5.70. The molecule has 3 heterocycles. The zero-order valence-electron chi connectivity index (χ0n) is 8.61. The van der Waals surface area contributed by atoms with Crippen LogP contribution >= 0.6 is 0 Å². The molecule has 0 spiro atoms. The zero-order chi connectivity index (χ0) is 10.3. The fourth-order valence-corrected chi connectivity index (χ4v) is 2.41. The lowest BCUT2D eigenvalue weighted by Gasteiger charge is -2.30. The van der Waals surface area contributed by atoms with Crippen molar-refractivity contribution in [3.8, 4) is 0 Å². The summed E-state index contributed by atoms with van der Waals surface area (Å²) in [5.74, 6) is 0.486. The van der Waals surface area contributed by atoms with E-state index < -0.39 is 0 Å². The number of hydrogen-bond donors (Lipinski definition) is 1. The van der Waals surface area contributed by atoms with Gasteiger partial charge in [-0.15, -0.1) is 0 Å². The van der Waals surface area contributed by atoms with Crippen molar-refractivity contribution in [3.05, 3.63) is 11.3 Å². The lowest BCUT2D eigenvalue weighted by molar-refractivity contribution is 0.0317. The van der Waals surface area contributed by atoms with Crippen molar-refractivity contribution < 1.29 is 9.26 Å². The van der Waals surface area contributed by atoms with Crippen molar-refractivity contribution >= 4 is 5.88 Å². The molecule has 1 aromatic rings. The quantitative estimate of drug-likeness (QED) is 0.739. The normalized spacial score (nSPS) is 23.2. The topological polar surface area (TPSA) is 64.5 Å². The summed E-state index contributed by atoms with van der Waals surface area (Å²) in [4.78, 5) is 2.42. The predicted octanol–water partition coefficient (Wildman–Crippen LogP) is 0.751. The molecular weight excluding hydrogens is 194 g/mol. The average Bonchev–Trinajstić information content (AvgIpc) is 2.83. The second-order valence-corrected chi connectivity index (χ2v) is 4.22. The predicted molar refractivity (Wildman–Crippen MR) is 54.0 cm³/mol. The van der Waals surface area contributed by atoms with Crippen LogP contribution in [-0.4, -0.2) is 29.3 Å². The van der Waals surface area contributed by atoms with Gasteiger partial charge in [0.05, 0.1) is 5.56 Å². The molecule has 2 aliphatic heterocycles. The summed E-state index contributed by atoms with van der Waals surface area (Å²) in [6.07, 6.45) is 2.22. The van der Waals surface area contributed by atoms with Gasteiger partial charge in [-0.2, -0.15) is 0 Å². The third-order valence-electron chi connectivity index (χ3n) is 3.32. The number of hydrogen-bond acceptors (Lipinski definition) is 5. The Morgan fingerprint density at radius 2 is 2.07 bits per heavy atom. The fraction of sp³-hybridized carbons (Fsp3) is 0.700. The Hall–Kier alpha value is -1.07. The van der Waals surface area contributed by atoms with E-state index in [1.807, 2.05) is 0 Å². The van der Waals surface area contributed by atoms with Crippen LogP contribution in [-0.2, 0) is 17.8 Å². The fourth-order valence-electron chi connectivity index (χ4n) is 2.41. The van der Waals surface area contributed by atoms with Crippen LogP contribution in [0.5, 0.6) is 0 Å². The Morgan fingerprint density at radius 3 is 2.80 bits per heavy atom. The van der Waals surface area contributed by atoms with E-state index in [9.17, 15) is 0 Å². The highest BCUT2D eigenvalue weighted by molar-refractivity contribution is 5.41. The molecule has 2 N–H and O–H groups in total. The Labute approximate surface area is 88.2 Å². The first kappa shape index (κ1) is 9.18. The highest BCUT2D eigenvalue weighted by Gasteiger charge is 2.31. The summed E-state index contributed by atoms with van der Waals surface area (Å²) in [6, 6.07) is 0.618. The number of anilines is 1. The molecule has 0 saturated carbocycles. The van der Waals surface area contributed by atoms with Crippen molar-refractivity contribution in [3.63, 3.8) is 0 Å². The van der Waals surface area contributed by atoms with E-state index >= 15 is 0 Å². The van der Waals surface area contributed by atoms with E-state index in [0.717, 1.165) is 50.4 Å². The molecule has 0 unspecified atom stereocenters. The lowest BCUT2D eigenvalue weighted by Crippen LogP contribution is -2.35. The maximum atomic E-state index is 5.70. The van der Waals surface area contributed by atoms with Crippen LogP contribution in [0.2, 0.25) is 0 Å². The first-order chi connectivity index (χ1) is 7.34. The van der Waals surface area contributed by atoms with Crippen LogP contribution in [0, 0.1) is 0 Å². The second-order valence-electron chi connectivity index (χ2n) is 4.22. The molecule has 2 aliphatic rings. The van der Waals surface area contributed by atoms with Crippen molar-refractivity contribution in [1.82, 2.24) is 10.1 Å². The molecule has 5 nitrogen and oxygen atoms in total. The number of fused-ring (bicyclic) bond motifs is 1. The van der Waals surface area contributed by atoms with Gasteiger partial charge in [0.2, 0.25) is 5.88 Å². The molecule has 5 heteroatoms. The van der Waals surface area contributed by atoms with E-state index in [2.05, 4.69) is 10.1 Å². The van der Waals surface area contributed by atoms with E-state index in [1.54, 1.807) is 0 Å². The molecule has 0 amide bonds. The molecule has 15 heavy (non-hydrogen) atoms.